The fourth-order valence-corrected chi connectivity index (χ4v) is 2.94. The van der Waals surface area contributed by atoms with Crippen LogP contribution in [0.1, 0.15) is 63.8 Å². The van der Waals surface area contributed by atoms with Crippen molar-refractivity contribution in [2.75, 3.05) is 0 Å². The summed E-state index contributed by atoms with van der Waals surface area (Å²) < 4.78 is 0. The molecule has 2 aromatic rings. The van der Waals surface area contributed by atoms with Gasteiger partial charge < -0.3 is 0 Å². The Hall–Kier alpha value is -0.266. The molecule has 0 aromatic heterocycles. The monoisotopic (exact) mass is 395 g/mol. The Balaban J connectivity index is 0.000000647. The summed E-state index contributed by atoms with van der Waals surface area (Å²) in [5.74, 6) is 0. The summed E-state index contributed by atoms with van der Waals surface area (Å²) in [6, 6.07) is 13.8. The molecule has 0 nitrogen and oxygen atoms in total. The first-order chi connectivity index (χ1) is 11.1. The first kappa shape index (κ1) is 20.1. The molecule has 0 N–H and O–H groups in total. The van der Waals surface area contributed by atoms with Gasteiger partial charge in [-0.05, 0) is 44.2 Å². The Bertz CT molecular complexity index is 722. The molecular formula is C21H25Cl2Ti. The average Bonchev–Trinajstić information content (AvgIpc) is 2.83. The maximum absolute atomic E-state index is 4.89. The van der Waals surface area contributed by atoms with E-state index in [1.54, 1.807) is 0 Å². The molecule has 0 amide bonds. The number of halogens is 2. The predicted molar refractivity (Wildman–Crippen MR) is 103 cm³/mol. The number of hydrogen-bond donors (Lipinski definition) is 0. The fourth-order valence-electron chi connectivity index (χ4n) is 2.94. The molecule has 1 aliphatic rings. The van der Waals surface area contributed by atoms with E-state index in [-0.39, 0.29) is 10.8 Å². The van der Waals surface area contributed by atoms with Crippen LogP contribution in [0.2, 0.25) is 0 Å². The summed E-state index contributed by atoms with van der Waals surface area (Å²) in [6.45, 7) is 13.6. The minimum atomic E-state index is -0.556. The van der Waals surface area contributed by atoms with Crippen LogP contribution in [0, 0.1) is 6.42 Å². The van der Waals surface area contributed by atoms with E-state index >= 15 is 0 Å². The molecule has 0 aliphatic heterocycles. The normalized spacial score (nSPS) is 12.8. The Morgan fingerprint density at radius 2 is 1.17 bits per heavy atom. The Morgan fingerprint density at radius 1 is 0.667 bits per heavy atom. The first-order valence-electron chi connectivity index (χ1n) is 8.18. The Labute approximate surface area is 163 Å². The molecule has 0 saturated heterocycles. The molecule has 3 heteroatoms. The molecule has 0 atom stereocenters. The minimum absolute atomic E-state index is 0.198. The standard InChI is InChI=1S/C21H25.2ClH.Ti/c1-20(2,3)16-9-10-18-15(12-16)11-14-7-8-17(13-19(14)18)21(4,5)6;;;/h7-13H,1-6H3;2*1H;/q;;;+2/p-2. The zero-order valence-electron chi connectivity index (χ0n) is 15.3. The quantitative estimate of drug-likeness (QED) is 0.352. The molecule has 0 bridgehead atoms. The third-order valence-electron chi connectivity index (χ3n) is 4.44. The van der Waals surface area contributed by atoms with Crippen molar-refractivity contribution in [2.24, 2.45) is 0 Å². The van der Waals surface area contributed by atoms with Gasteiger partial charge in [0, 0.05) is 6.42 Å². The van der Waals surface area contributed by atoms with E-state index in [4.69, 9.17) is 18.6 Å². The van der Waals surface area contributed by atoms with Crippen LogP contribution in [0.4, 0.5) is 0 Å². The summed E-state index contributed by atoms with van der Waals surface area (Å²) in [5, 5.41) is 0. The summed E-state index contributed by atoms with van der Waals surface area (Å²) >= 11 is -0.556. The van der Waals surface area contributed by atoms with Crippen LogP contribution >= 0.6 is 18.6 Å². The van der Waals surface area contributed by atoms with Crippen LogP contribution < -0.4 is 0 Å². The predicted octanol–water partition coefficient (Wildman–Crippen LogP) is 7.24. The van der Waals surface area contributed by atoms with Crippen molar-refractivity contribution in [1.29, 1.82) is 0 Å². The van der Waals surface area contributed by atoms with E-state index in [0.29, 0.717) is 0 Å². The Morgan fingerprint density at radius 3 is 1.71 bits per heavy atom. The number of benzene rings is 2. The van der Waals surface area contributed by atoms with E-state index in [1.165, 1.54) is 33.4 Å². The molecule has 24 heavy (non-hydrogen) atoms. The van der Waals surface area contributed by atoms with Crippen LogP contribution in [-0.4, -0.2) is 0 Å². The van der Waals surface area contributed by atoms with E-state index in [9.17, 15) is 0 Å². The van der Waals surface area contributed by atoms with Crippen molar-refractivity contribution in [2.45, 2.75) is 52.4 Å². The van der Waals surface area contributed by atoms with Gasteiger partial charge in [-0.15, -0.1) is 0 Å². The SMILES string of the molecule is CC(C)(C)c1ccc2c(c1)[CH]c1ccc(C(C)(C)C)cc1-2.[Cl][Ti][Cl]. The van der Waals surface area contributed by atoms with Crippen LogP contribution in [0.25, 0.3) is 11.1 Å². The molecular weight excluding hydrogens is 371 g/mol. The fraction of sp³-hybridized carbons (Fsp3) is 0.381. The van der Waals surface area contributed by atoms with Gasteiger partial charge in [-0.2, -0.15) is 0 Å². The van der Waals surface area contributed by atoms with E-state index in [2.05, 4.69) is 84.4 Å². The molecule has 2 aromatic carbocycles. The molecule has 0 unspecified atom stereocenters. The number of fused-ring (bicyclic) bond motifs is 3. The molecule has 0 spiro atoms. The van der Waals surface area contributed by atoms with E-state index in [1.807, 2.05) is 0 Å². The van der Waals surface area contributed by atoms with Crippen LogP contribution in [0.5, 0.6) is 0 Å². The van der Waals surface area contributed by atoms with Crippen LogP contribution in [-0.2, 0) is 27.9 Å². The second-order valence-electron chi connectivity index (χ2n) is 8.32. The van der Waals surface area contributed by atoms with E-state index < -0.39 is 17.0 Å². The second kappa shape index (κ2) is 7.54. The van der Waals surface area contributed by atoms with Gasteiger partial charge in [0.1, 0.15) is 0 Å². The Kier molecular flexibility index (Phi) is 6.30. The zero-order valence-corrected chi connectivity index (χ0v) is 18.4. The third-order valence-corrected chi connectivity index (χ3v) is 4.44. The van der Waals surface area contributed by atoms with Crippen LogP contribution in [0.3, 0.4) is 0 Å². The van der Waals surface area contributed by atoms with Crippen LogP contribution in [0.15, 0.2) is 36.4 Å². The summed E-state index contributed by atoms with van der Waals surface area (Å²) in [6.07, 6.45) is 2.33. The summed E-state index contributed by atoms with van der Waals surface area (Å²) in [4.78, 5) is 0. The van der Waals surface area contributed by atoms with Crippen molar-refractivity contribution in [3.63, 3.8) is 0 Å². The molecule has 0 saturated carbocycles. The molecule has 3 rings (SSSR count). The summed E-state index contributed by atoms with van der Waals surface area (Å²) in [7, 11) is 9.78. The van der Waals surface area contributed by atoms with Crippen molar-refractivity contribution < 1.29 is 17.0 Å². The van der Waals surface area contributed by atoms with Crippen molar-refractivity contribution >= 4 is 18.6 Å². The molecule has 1 aliphatic carbocycles. The molecule has 127 valence electrons. The average molecular weight is 396 g/mol. The first-order valence-corrected chi connectivity index (χ1v) is 12.5. The van der Waals surface area contributed by atoms with Crippen molar-refractivity contribution in [3.05, 3.63) is 65.1 Å². The zero-order chi connectivity index (χ0) is 18.1. The van der Waals surface area contributed by atoms with E-state index in [0.717, 1.165) is 0 Å². The molecule has 1 radical (unpaired) electrons. The maximum atomic E-state index is 4.89. The van der Waals surface area contributed by atoms with Gasteiger partial charge in [0.25, 0.3) is 0 Å². The third kappa shape index (κ3) is 4.47. The van der Waals surface area contributed by atoms with Gasteiger partial charge in [-0.25, -0.2) is 0 Å². The van der Waals surface area contributed by atoms with Crippen molar-refractivity contribution in [1.82, 2.24) is 0 Å². The number of hydrogen-bond acceptors (Lipinski definition) is 0. The van der Waals surface area contributed by atoms with Gasteiger partial charge in [-0.3, -0.25) is 0 Å². The second-order valence-corrected chi connectivity index (χ2v) is 10.9. The number of rotatable bonds is 0. The topological polar surface area (TPSA) is 0 Å². The van der Waals surface area contributed by atoms with Crippen molar-refractivity contribution in [3.8, 4) is 11.1 Å². The van der Waals surface area contributed by atoms with Gasteiger partial charge in [0.05, 0.1) is 0 Å². The van der Waals surface area contributed by atoms with Gasteiger partial charge in [0.15, 0.2) is 0 Å². The summed E-state index contributed by atoms with van der Waals surface area (Å²) in [5.41, 5.74) is 8.69. The van der Waals surface area contributed by atoms with Gasteiger partial charge >= 0.3 is 35.6 Å². The molecule has 0 heterocycles. The molecule has 0 fully saturated rings. The van der Waals surface area contributed by atoms with Gasteiger partial charge in [0.2, 0.25) is 0 Å². The van der Waals surface area contributed by atoms with Gasteiger partial charge in [-0.1, -0.05) is 77.9 Å².